The molecule has 3 aromatic rings. The van der Waals surface area contributed by atoms with Crippen molar-refractivity contribution in [3.63, 3.8) is 0 Å². The molecule has 1 saturated heterocycles. The van der Waals surface area contributed by atoms with Crippen LogP contribution >= 0.6 is 0 Å². The molecule has 6 heteroatoms. The Morgan fingerprint density at radius 2 is 1.67 bits per heavy atom. The van der Waals surface area contributed by atoms with Crippen molar-refractivity contribution >= 4 is 26.7 Å². The third-order valence-corrected chi connectivity index (χ3v) is 7.42. The van der Waals surface area contributed by atoms with Gasteiger partial charge in [0.25, 0.3) is 5.91 Å². The number of carbonyl (C=O) groups excluding carboxylic acids is 1. The van der Waals surface area contributed by atoms with Crippen LogP contribution in [0.5, 0.6) is 0 Å². The molecule has 0 aliphatic carbocycles. The topological polar surface area (TPSA) is 66.5 Å². The molecule has 4 rings (SSSR count). The van der Waals surface area contributed by atoms with E-state index in [1.54, 1.807) is 6.07 Å². The van der Waals surface area contributed by atoms with Crippen molar-refractivity contribution in [2.75, 3.05) is 13.1 Å². The third kappa shape index (κ3) is 4.11. The number of rotatable bonds is 4. The van der Waals surface area contributed by atoms with Crippen molar-refractivity contribution in [2.45, 2.75) is 37.6 Å². The fourth-order valence-electron chi connectivity index (χ4n) is 4.17. The number of nitrogens with one attached hydrogen (secondary N) is 1. The van der Waals surface area contributed by atoms with Crippen LogP contribution in [-0.2, 0) is 10.0 Å². The highest BCUT2D eigenvalue weighted by molar-refractivity contribution is 7.89. The summed E-state index contributed by atoms with van der Waals surface area (Å²) in [6.45, 7) is 4.82. The number of amides is 1. The quantitative estimate of drug-likeness (QED) is 0.690. The van der Waals surface area contributed by atoms with E-state index in [2.05, 4.69) is 4.72 Å². The predicted octanol–water partition coefficient (Wildman–Crippen LogP) is 4.04. The summed E-state index contributed by atoms with van der Waals surface area (Å²) in [6.07, 6.45) is 1.20. The Hall–Kier alpha value is -2.70. The average Bonchev–Trinajstić information content (AvgIpc) is 2.73. The highest BCUT2D eigenvalue weighted by Crippen LogP contribution is 2.23. The minimum Gasteiger partial charge on any atom is -0.339 e. The van der Waals surface area contributed by atoms with Crippen LogP contribution in [0.3, 0.4) is 0 Å². The average molecular weight is 423 g/mol. The Morgan fingerprint density at radius 3 is 2.40 bits per heavy atom. The maximum absolute atomic E-state index is 13.1. The van der Waals surface area contributed by atoms with Crippen molar-refractivity contribution in [1.82, 2.24) is 9.62 Å². The maximum atomic E-state index is 13.1. The number of piperidine rings is 1. The molecule has 1 aliphatic rings. The van der Waals surface area contributed by atoms with Gasteiger partial charge in [-0.25, -0.2) is 13.1 Å². The fraction of sp³-hybridized carbons (Fsp3) is 0.292. The fourth-order valence-corrected chi connectivity index (χ4v) is 5.70. The number of aryl methyl sites for hydroxylation is 2. The molecule has 0 unspecified atom stereocenters. The molecule has 1 amide bonds. The molecular formula is C24H26N2O3S. The number of hydrogen-bond donors (Lipinski definition) is 1. The first-order valence-corrected chi connectivity index (χ1v) is 11.7. The zero-order valence-electron chi connectivity index (χ0n) is 17.3. The summed E-state index contributed by atoms with van der Waals surface area (Å²) < 4.78 is 28.5. The number of carbonyl (C=O) groups is 1. The van der Waals surface area contributed by atoms with Crippen LogP contribution in [0.1, 0.15) is 34.3 Å². The Balaban J connectivity index is 1.44. The molecule has 30 heavy (non-hydrogen) atoms. The second kappa shape index (κ2) is 8.20. The molecule has 0 saturated carbocycles. The van der Waals surface area contributed by atoms with Crippen LogP contribution in [-0.4, -0.2) is 38.4 Å². The highest BCUT2D eigenvalue weighted by Gasteiger charge is 2.28. The Kier molecular flexibility index (Phi) is 5.62. The van der Waals surface area contributed by atoms with Gasteiger partial charge in [-0.3, -0.25) is 4.79 Å². The molecule has 1 aliphatic heterocycles. The zero-order valence-corrected chi connectivity index (χ0v) is 18.1. The first-order chi connectivity index (χ1) is 14.3. The van der Waals surface area contributed by atoms with Gasteiger partial charge in [0.1, 0.15) is 0 Å². The van der Waals surface area contributed by atoms with Crippen LogP contribution in [0.25, 0.3) is 10.8 Å². The summed E-state index contributed by atoms with van der Waals surface area (Å²) in [7, 11) is -3.58. The molecule has 1 heterocycles. The number of likely N-dealkylation sites (tertiary alicyclic amines) is 1. The van der Waals surface area contributed by atoms with E-state index in [9.17, 15) is 13.2 Å². The molecule has 1 fully saturated rings. The van der Waals surface area contributed by atoms with Gasteiger partial charge in [-0.2, -0.15) is 0 Å². The summed E-state index contributed by atoms with van der Waals surface area (Å²) >= 11 is 0. The molecule has 3 aromatic carbocycles. The largest absolute Gasteiger partial charge is 0.339 e. The van der Waals surface area contributed by atoms with Gasteiger partial charge in [0.15, 0.2) is 0 Å². The van der Waals surface area contributed by atoms with Crippen molar-refractivity contribution in [3.8, 4) is 0 Å². The van der Waals surface area contributed by atoms with E-state index in [-0.39, 0.29) is 11.9 Å². The molecule has 5 nitrogen and oxygen atoms in total. The van der Waals surface area contributed by atoms with Gasteiger partial charge in [0, 0.05) is 24.7 Å². The van der Waals surface area contributed by atoms with Gasteiger partial charge in [-0.1, -0.05) is 54.1 Å². The normalized spacial score (nSPS) is 15.5. The summed E-state index contributed by atoms with van der Waals surface area (Å²) in [4.78, 5) is 15.2. The minimum absolute atomic E-state index is 0.00230. The first-order valence-electron chi connectivity index (χ1n) is 10.2. The third-order valence-electron chi connectivity index (χ3n) is 5.74. The van der Waals surface area contributed by atoms with Gasteiger partial charge < -0.3 is 4.90 Å². The number of hydrogen-bond acceptors (Lipinski definition) is 3. The summed E-state index contributed by atoms with van der Waals surface area (Å²) in [5, 5.41) is 1.99. The Bertz CT molecular complexity index is 1190. The molecule has 156 valence electrons. The molecule has 1 N–H and O–H groups in total. The van der Waals surface area contributed by atoms with E-state index in [4.69, 9.17) is 0 Å². The van der Waals surface area contributed by atoms with Crippen LogP contribution in [0.4, 0.5) is 0 Å². The van der Waals surface area contributed by atoms with Gasteiger partial charge in [-0.15, -0.1) is 0 Å². The van der Waals surface area contributed by atoms with Crippen LogP contribution in [0.15, 0.2) is 65.6 Å². The standard InChI is InChI=1S/C24H26N2O3S/c1-17-10-11-23(18(2)16-17)30(28,29)25-20-12-14-26(15-13-20)24(27)22-9-5-7-19-6-3-4-8-21(19)22/h3-11,16,20,25H,12-15H2,1-2H3. The lowest BCUT2D eigenvalue weighted by molar-refractivity contribution is 0.0713. The highest BCUT2D eigenvalue weighted by atomic mass is 32.2. The maximum Gasteiger partial charge on any atom is 0.254 e. The Morgan fingerprint density at radius 1 is 0.967 bits per heavy atom. The van der Waals surface area contributed by atoms with Crippen molar-refractivity contribution in [1.29, 1.82) is 0 Å². The van der Waals surface area contributed by atoms with Gasteiger partial charge >= 0.3 is 0 Å². The summed E-state index contributed by atoms with van der Waals surface area (Å²) in [5.41, 5.74) is 2.47. The minimum atomic E-state index is -3.58. The monoisotopic (exact) mass is 422 g/mol. The summed E-state index contributed by atoms with van der Waals surface area (Å²) in [6, 6.07) is 18.8. The molecule has 0 bridgehead atoms. The second-order valence-electron chi connectivity index (χ2n) is 7.98. The van der Waals surface area contributed by atoms with Crippen LogP contribution in [0, 0.1) is 13.8 Å². The van der Waals surface area contributed by atoms with Gasteiger partial charge in [0.2, 0.25) is 10.0 Å². The Labute approximate surface area is 177 Å². The number of nitrogens with zero attached hydrogens (tertiary/aromatic N) is 1. The van der Waals surface area contributed by atoms with Gasteiger partial charge in [-0.05, 0) is 55.2 Å². The number of benzene rings is 3. The lowest BCUT2D eigenvalue weighted by Crippen LogP contribution is -2.46. The lowest BCUT2D eigenvalue weighted by Gasteiger charge is -2.32. The zero-order chi connectivity index (χ0) is 21.3. The van der Waals surface area contributed by atoms with E-state index in [0.717, 1.165) is 21.9 Å². The number of fused-ring (bicyclic) bond motifs is 1. The predicted molar refractivity (Wildman–Crippen MR) is 119 cm³/mol. The molecule has 0 spiro atoms. The first kappa shape index (κ1) is 20.6. The smallest absolute Gasteiger partial charge is 0.254 e. The SMILES string of the molecule is Cc1ccc(S(=O)(=O)NC2CCN(C(=O)c3cccc4ccccc34)CC2)c(C)c1. The van der Waals surface area contributed by atoms with Crippen molar-refractivity contribution < 1.29 is 13.2 Å². The second-order valence-corrected chi connectivity index (χ2v) is 9.67. The van der Waals surface area contributed by atoms with Crippen molar-refractivity contribution in [3.05, 3.63) is 77.4 Å². The number of sulfonamides is 1. The van der Waals surface area contributed by atoms with Crippen molar-refractivity contribution in [2.24, 2.45) is 0 Å². The van der Waals surface area contributed by atoms with Crippen LogP contribution in [0.2, 0.25) is 0 Å². The van der Waals surface area contributed by atoms with E-state index >= 15 is 0 Å². The molecule has 0 aromatic heterocycles. The van der Waals surface area contributed by atoms with Gasteiger partial charge in [0.05, 0.1) is 4.90 Å². The molecule has 0 atom stereocenters. The van der Waals surface area contributed by atoms with Crippen LogP contribution < -0.4 is 4.72 Å². The van der Waals surface area contributed by atoms with E-state index in [1.165, 1.54) is 0 Å². The van der Waals surface area contributed by atoms with E-state index < -0.39 is 10.0 Å². The van der Waals surface area contributed by atoms with E-state index in [0.29, 0.717) is 36.4 Å². The summed E-state index contributed by atoms with van der Waals surface area (Å²) in [5.74, 6) is 0.00230. The molecule has 0 radical (unpaired) electrons. The molecular weight excluding hydrogens is 396 g/mol. The van der Waals surface area contributed by atoms with E-state index in [1.807, 2.05) is 73.3 Å². The lowest BCUT2D eigenvalue weighted by atomic mass is 10.0.